The van der Waals surface area contributed by atoms with Crippen LogP contribution in [-0.4, -0.2) is 22.4 Å². The molecule has 1 aromatic heterocycles. The monoisotopic (exact) mass is 235 g/mol. The van der Waals surface area contributed by atoms with Gasteiger partial charge in [-0.05, 0) is 44.7 Å². The van der Waals surface area contributed by atoms with E-state index >= 15 is 0 Å². The van der Waals surface area contributed by atoms with Gasteiger partial charge in [-0.3, -0.25) is 4.68 Å². The Kier molecular flexibility index (Phi) is 3.87. The molecular formula is C14H25N3. The van der Waals surface area contributed by atoms with Crippen molar-refractivity contribution in [1.82, 2.24) is 15.1 Å². The summed E-state index contributed by atoms with van der Waals surface area (Å²) in [7, 11) is 0. The highest BCUT2D eigenvalue weighted by atomic mass is 15.3. The highest BCUT2D eigenvalue weighted by Gasteiger charge is 2.39. The summed E-state index contributed by atoms with van der Waals surface area (Å²) >= 11 is 0. The minimum Gasteiger partial charge on any atom is -0.314 e. The lowest BCUT2D eigenvalue weighted by Gasteiger charge is -2.18. The van der Waals surface area contributed by atoms with E-state index < -0.39 is 0 Å². The van der Waals surface area contributed by atoms with Gasteiger partial charge in [0.05, 0.1) is 5.69 Å². The van der Waals surface area contributed by atoms with E-state index in [1.807, 2.05) is 0 Å². The first kappa shape index (κ1) is 12.6. The van der Waals surface area contributed by atoms with Crippen molar-refractivity contribution in [3.63, 3.8) is 0 Å². The molecule has 1 aliphatic rings. The Morgan fingerprint density at radius 2 is 2.24 bits per heavy atom. The second kappa shape index (κ2) is 5.21. The zero-order valence-corrected chi connectivity index (χ0v) is 11.5. The molecule has 0 aliphatic heterocycles. The van der Waals surface area contributed by atoms with E-state index in [1.54, 1.807) is 0 Å². The van der Waals surface area contributed by atoms with E-state index in [-0.39, 0.29) is 0 Å². The van der Waals surface area contributed by atoms with Crippen molar-refractivity contribution in [1.29, 1.82) is 0 Å². The van der Waals surface area contributed by atoms with Crippen LogP contribution >= 0.6 is 0 Å². The van der Waals surface area contributed by atoms with Crippen molar-refractivity contribution in [3.8, 4) is 0 Å². The number of rotatable bonds is 6. The van der Waals surface area contributed by atoms with Crippen molar-refractivity contribution in [2.45, 2.75) is 53.1 Å². The topological polar surface area (TPSA) is 29.9 Å². The van der Waals surface area contributed by atoms with E-state index in [4.69, 9.17) is 0 Å². The first-order valence-electron chi connectivity index (χ1n) is 6.92. The average Bonchev–Trinajstić information content (AvgIpc) is 2.90. The molecule has 1 fully saturated rings. The summed E-state index contributed by atoms with van der Waals surface area (Å²) in [6.07, 6.45) is 2.51. The van der Waals surface area contributed by atoms with Crippen LogP contribution < -0.4 is 5.32 Å². The van der Waals surface area contributed by atoms with Crippen LogP contribution in [0.2, 0.25) is 0 Å². The fraction of sp³-hybridized carbons (Fsp3) is 0.786. The molecular weight excluding hydrogens is 210 g/mol. The highest BCUT2D eigenvalue weighted by molar-refractivity contribution is 5.12. The average molecular weight is 235 g/mol. The first-order chi connectivity index (χ1) is 8.15. The van der Waals surface area contributed by atoms with Gasteiger partial charge in [0.25, 0.3) is 0 Å². The summed E-state index contributed by atoms with van der Waals surface area (Å²) in [5.74, 6) is 1.77. The van der Waals surface area contributed by atoms with Crippen LogP contribution in [0.1, 0.15) is 38.6 Å². The zero-order chi connectivity index (χ0) is 12.4. The Morgan fingerprint density at radius 1 is 1.53 bits per heavy atom. The van der Waals surface area contributed by atoms with Crippen molar-refractivity contribution in [2.24, 2.45) is 11.8 Å². The van der Waals surface area contributed by atoms with Crippen LogP contribution in [-0.2, 0) is 13.0 Å². The molecule has 0 saturated heterocycles. The van der Waals surface area contributed by atoms with Gasteiger partial charge in [0, 0.05) is 24.7 Å². The number of aromatic nitrogens is 2. The number of aryl methyl sites for hydroxylation is 2. The third-order valence-corrected chi connectivity index (χ3v) is 3.87. The van der Waals surface area contributed by atoms with E-state index in [9.17, 15) is 0 Å². The third-order valence-electron chi connectivity index (χ3n) is 3.87. The fourth-order valence-corrected chi connectivity index (χ4v) is 2.81. The largest absolute Gasteiger partial charge is 0.314 e. The van der Waals surface area contributed by atoms with Crippen LogP contribution in [0.25, 0.3) is 0 Å². The summed E-state index contributed by atoms with van der Waals surface area (Å²) in [6.45, 7) is 10.8. The van der Waals surface area contributed by atoms with Crippen LogP contribution in [0.15, 0.2) is 6.07 Å². The number of nitrogens with zero attached hydrogens (tertiary/aromatic N) is 2. The smallest absolute Gasteiger partial charge is 0.0596 e. The molecule has 0 bridgehead atoms. The molecule has 1 N–H and O–H groups in total. The maximum Gasteiger partial charge on any atom is 0.0596 e. The van der Waals surface area contributed by atoms with Crippen molar-refractivity contribution in [3.05, 3.63) is 17.5 Å². The molecule has 17 heavy (non-hydrogen) atoms. The van der Waals surface area contributed by atoms with Crippen LogP contribution in [0.4, 0.5) is 0 Å². The Balaban J connectivity index is 2.05. The summed E-state index contributed by atoms with van der Waals surface area (Å²) < 4.78 is 2.15. The molecule has 3 nitrogen and oxygen atoms in total. The van der Waals surface area contributed by atoms with Crippen molar-refractivity contribution < 1.29 is 0 Å². The molecule has 3 atom stereocenters. The fourth-order valence-electron chi connectivity index (χ4n) is 2.81. The molecule has 0 amide bonds. The van der Waals surface area contributed by atoms with E-state index in [2.05, 4.69) is 48.9 Å². The lowest BCUT2D eigenvalue weighted by molar-refractivity contribution is 0.439. The van der Waals surface area contributed by atoms with Gasteiger partial charge in [0.15, 0.2) is 0 Å². The van der Waals surface area contributed by atoms with Gasteiger partial charge in [-0.2, -0.15) is 5.10 Å². The lowest BCUT2D eigenvalue weighted by Crippen LogP contribution is -2.34. The molecule has 3 heteroatoms. The summed E-state index contributed by atoms with van der Waals surface area (Å²) in [5, 5.41) is 8.17. The predicted octanol–water partition coefficient (Wildman–Crippen LogP) is 2.39. The molecule has 0 radical (unpaired) electrons. The van der Waals surface area contributed by atoms with E-state index in [0.717, 1.165) is 37.0 Å². The summed E-state index contributed by atoms with van der Waals surface area (Å²) in [5.41, 5.74) is 2.52. The van der Waals surface area contributed by atoms with Crippen molar-refractivity contribution >= 4 is 0 Å². The second-order valence-electron chi connectivity index (χ2n) is 5.34. The van der Waals surface area contributed by atoms with E-state index in [1.165, 1.54) is 12.1 Å². The maximum absolute atomic E-state index is 4.53. The van der Waals surface area contributed by atoms with Crippen LogP contribution in [0.3, 0.4) is 0 Å². The molecule has 1 aromatic rings. The predicted molar refractivity (Wildman–Crippen MR) is 71.1 cm³/mol. The van der Waals surface area contributed by atoms with E-state index in [0.29, 0.717) is 6.04 Å². The summed E-state index contributed by atoms with van der Waals surface area (Å²) in [4.78, 5) is 0. The maximum atomic E-state index is 4.53. The molecule has 2 rings (SSSR count). The molecule has 96 valence electrons. The Hall–Kier alpha value is -0.830. The Morgan fingerprint density at radius 3 is 2.76 bits per heavy atom. The van der Waals surface area contributed by atoms with Gasteiger partial charge in [-0.15, -0.1) is 0 Å². The molecule has 0 spiro atoms. The number of nitrogens with one attached hydrogen (secondary N) is 1. The SMILES string of the molecule is CCNC(Cc1cc(C)nn1CC)C1CC1C. The third kappa shape index (κ3) is 2.89. The number of hydrogen-bond acceptors (Lipinski definition) is 2. The van der Waals surface area contributed by atoms with Gasteiger partial charge >= 0.3 is 0 Å². The minimum absolute atomic E-state index is 0.636. The van der Waals surface area contributed by atoms with Crippen molar-refractivity contribution in [2.75, 3.05) is 6.54 Å². The number of hydrogen-bond donors (Lipinski definition) is 1. The van der Waals surface area contributed by atoms with Gasteiger partial charge < -0.3 is 5.32 Å². The molecule has 1 heterocycles. The van der Waals surface area contributed by atoms with Gasteiger partial charge in [0.2, 0.25) is 0 Å². The standard InChI is InChI=1S/C14H25N3/c1-5-15-14(13-7-10(13)3)9-12-8-11(4)16-17(12)6-2/h8,10,13-15H,5-7,9H2,1-4H3. The first-order valence-corrected chi connectivity index (χ1v) is 6.92. The summed E-state index contributed by atoms with van der Waals surface area (Å²) in [6, 6.07) is 2.87. The molecule has 0 aromatic carbocycles. The normalized spacial score (nSPS) is 24.9. The van der Waals surface area contributed by atoms with Gasteiger partial charge in [-0.1, -0.05) is 13.8 Å². The quantitative estimate of drug-likeness (QED) is 0.820. The van der Waals surface area contributed by atoms with Gasteiger partial charge in [-0.25, -0.2) is 0 Å². The van der Waals surface area contributed by atoms with Crippen LogP contribution in [0.5, 0.6) is 0 Å². The molecule has 3 unspecified atom stereocenters. The van der Waals surface area contributed by atoms with Gasteiger partial charge in [0.1, 0.15) is 0 Å². The second-order valence-corrected chi connectivity index (χ2v) is 5.34. The van der Waals surface area contributed by atoms with Crippen LogP contribution in [0, 0.1) is 18.8 Å². The minimum atomic E-state index is 0.636. The lowest BCUT2D eigenvalue weighted by atomic mass is 10.0. The molecule has 1 saturated carbocycles. The number of likely N-dealkylation sites (N-methyl/N-ethyl adjacent to an activating group) is 1. The Bertz CT molecular complexity index is 370. The zero-order valence-electron chi connectivity index (χ0n) is 11.5. The Labute approximate surface area is 105 Å². The molecule has 1 aliphatic carbocycles. The highest BCUT2D eigenvalue weighted by Crippen LogP contribution is 2.41.